The predicted molar refractivity (Wildman–Crippen MR) is 105 cm³/mol. The number of carbonyl (C=O) groups is 1. The molecule has 1 N–H and O–H groups in total. The normalized spacial score (nSPS) is 10.4. The van der Waals surface area contributed by atoms with Crippen molar-refractivity contribution < 1.29 is 14.7 Å². The van der Waals surface area contributed by atoms with Crippen molar-refractivity contribution in [3.8, 4) is 5.75 Å². The van der Waals surface area contributed by atoms with E-state index in [1.54, 1.807) is 24.5 Å². The van der Waals surface area contributed by atoms with E-state index < -0.39 is 5.24 Å². The second-order valence-corrected chi connectivity index (χ2v) is 6.37. The van der Waals surface area contributed by atoms with Crippen LogP contribution >= 0.6 is 11.8 Å². The minimum absolute atomic E-state index is 0.238. The van der Waals surface area contributed by atoms with Crippen LogP contribution in [0, 0.1) is 6.92 Å². The molecule has 0 aliphatic carbocycles. The minimum atomic E-state index is -0.448. The maximum atomic E-state index is 11.8. The van der Waals surface area contributed by atoms with Crippen molar-refractivity contribution >= 4 is 28.8 Å². The van der Waals surface area contributed by atoms with Gasteiger partial charge in [-0.1, -0.05) is 49.5 Å². The van der Waals surface area contributed by atoms with E-state index in [2.05, 4.69) is 19.6 Å². The third kappa shape index (κ3) is 4.65. The lowest BCUT2D eigenvalue weighted by atomic mass is 10.1. The summed E-state index contributed by atoms with van der Waals surface area (Å²) in [7, 11) is 0. The van der Waals surface area contributed by atoms with E-state index in [1.807, 2.05) is 25.1 Å². The van der Waals surface area contributed by atoms with Crippen molar-refractivity contribution in [2.75, 3.05) is 11.3 Å². The van der Waals surface area contributed by atoms with E-state index in [0.717, 1.165) is 35.1 Å². The first-order chi connectivity index (χ1) is 12.0. The van der Waals surface area contributed by atoms with Crippen LogP contribution in [0.15, 0.2) is 43.0 Å². The predicted octanol–water partition coefficient (Wildman–Crippen LogP) is 5.46. The highest BCUT2D eigenvalue weighted by molar-refractivity contribution is 8.13. The van der Waals surface area contributed by atoms with Crippen LogP contribution in [0.5, 0.6) is 5.75 Å². The van der Waals surface area contributed by atoms with E-state index >= 15 is 0 Å². The maximum Gasteiger partial charge on any atom is 0.309 e. The SMILES string of the molecule is C=Cc1ccc(N(O)C(=O)SC)c(COc2ccc(CC)cc2C)c1. The summed E-state index contributed by atoms with van der Waals surface area (Å²) in [6.45, 7) is 8.12. The molecule has 2 rings (SSSR count). The molecule has 0 heterocycles. The van der Waals surface area contributed by atoms with Crippen molar-refractivity contribution in [2.24, 2.45) is 0 Å². The quantitative estimate of drug-likeness (QED) is 0.551. The van der Waals surface area contributed by atoms with Crippen molar-refractivity contribution in [3.05, 3.63) is 65.2 Å². The van der Waals surface area contributed by atoms with Crippen molar-refractivity contribution in [1.29, 1.82) is 0 Å². The third-order valence-corrected chi connectivity index (χ3v) is 4.47. The average molecular weight is 357 g/mol. The van der Waals surface area contributed by atoms with Gasteiger partial charge in [0, 0.05) is 5.56 Å². The Bertz CT molecular complexity index is 774. The zero-order chi connectivity index (χ0) is 18.4. The Morgan fingerprint density at radius 3 is 2.68 bits per heavy atom. The number of hydrogen-bond donors (Lipinski definition) is 1. The fourth-order valence-electron chi connectivity index (χ4n) is 2.49. The zero-order valence-electron chi connectivity index (χ0n) is 14.8. The summed E-state index contributed by atoms with van der Waals surface area (Å²) in [5, 5.41) is 10.3. The largest absolute Gasteiger partial charge is 0.489 e. The number of rotatable bonds is 6. The minimum Gasteiger partial charge on any atom is -0.489 e. The molecule has 0 aliphatic heterocycles. The van der Waals surface area contributed by atoms with Crippen LogP contribution in [-0.4, -0.2) is 16.7 Å². The number of anilines is 1. The van der Waals surface area contributed by atoms with Crippen LogP contribution < -0.4 is 9.80 Å². The zero-order valence-corrected chi connectivity index (χ0v) is 15.6. The number of carbonyl (C=O) groups excluding carboxylic acids is 1. The molecule has 0 aliphatic rings. The van der Waals surface area contributed by atoms with Crippen LogP contribution in [0.2, 0.25) is 0 Å². The van der Waals surface area contributed by atoms with Gasteiger partial charge >= 0.3 is 5.24 Å². The average Bonchev–Trinajstić information content (AvgIpc) is 2.65. The Hall–Kier alpha value is -2.24. The van der Waals surface area contributed by atoms with Gasteiger partial charge in [-0.05, 0) is 54.5 Å². The van der Waals surface area contributed by atoms with E-state index in [0.29, 0.717) is 16.3 Å². The summed E-state index contributed by atoms with van der Waals surface area (Å²) in [5.41, 5.74) is 4.33. The topological polar surface area (TPSA) is 49.8 Å². The molecule has 0 atom stereocenters. The molecule has 5 heteroatoms. The molecule has 0 unspecified atom stereocenters. The van der Waals surface area contributed by atoms with Crippen LogP contribution in [0.25, 0.3) is 6.08 Å². The second-order valence-electron chi connectivity index (χ2n) is 5.62. The molecule has 0 saturated heterocycles. The van der Waals surface area contributed by atoms with Gasteiger partial charge in [0.25, 0.3) is 0 Å². The van der Waals surface area contributed by atoms with Gasteiger partial charge in [-0.15, -0.1) is 0 Å². The number of hydroxylamine groups is 1. The Labute approximate surface area is 153 Å². The van der Waals surface area contributed by atoms with E-state index in [9.17, 15) is 10.0 Å². The standard InChI is InChI=1S/C20H23NO3S/c1-5-15-8-10-19(14(3)11-15)24-13-17-12-16(6-2)7-9-18(17)21(23)20(22)25-4/h6-12,23H,2,5,13H2,1,3-4H3. The summed E-state index contributed by atoms with van der Waals surface area (Å²) in [4.78, 5) is 11.8. The first-order valence-electron chi connectivity index (χ1n) is 8.04. The number of nitrogens with zero attached hydrogens (tertiary/aromatic N) is 1. The number of thioether (sulfide) groups is 1. The van der Waals surface area contributed by atoms with Gasteiger partial charge in [-0.25, -0.2) is 0 Å². The van der Waals surface area contributed by atoms with E-state index in [-0.39, 0.29) is 6.61 Å². The summed E-state index contributed by atoms with van der Waals surface area (Å²) < 4.78 is 5.94. The Balaban J connectivity index is 2.28. The molecule has 4 nitrogen and oxygen atoms in total. The highest BCUT2D eigenvalue weighted by Gasteiger charge is 2.17. The molecule has 2 aromatic carbocycles. The Morgan fingerprint density at radius 1 is 1.32 bits per heavy atom. The fourth-order valence-corrected chi connectivity index (χ4v) is 2.76. The highest BCUT2D eigenvalue weighted by atomic mass is 32.2. The smallest absolute Gasteiger partial charge is 0.309 e. The fraction of sp³-hybridized carbons (Fsp3) is 0.250. The molecule has 1 amide bonds. The van der Waals surface area contributed by atoms with Crippen molar-refractivity contribution in [1.82, 2.24) is 0 Å². The van der Waals surface area contributed by atoms with Gasteiger partial charge in [0.05, 0.1) is 5.69 Å². The molecule has 0 radical (unpaired) electrons. The molecule has 0 saturated carbocycles. The van der Waals surface area contributed by atoms with Crippen LogP contribution in [0.3, 0.4) is 0 Å². The Morgan fingerprint density at radius 2 is 2.08 bits per heavy atom. The van der Waals surface area contributed by atoms with Gasteiger partial charge < -0.3 is 4.74 Å². The molecule has 25 heavy (non-hydrogen) atoms. The third-order valence-electron chi connectivity index (χ3n) is 3.95. The monoisotopic (exact) mass is 357 g/mol. The van der Waals surface area contributed by atoms with Crippen LogP contribution in [0.4, 0.5) is 10.5 Å². The summed E-state index contributed by atoms with van der Waals surface area (Å²) in [5.74, 6) is 0.785. The highest BCUT2D eigenvalue weighted by Crippen LogP contribution is 2.27. The van der Waals surface area contributed by atoms with Gasteiger partial charge in [-0.2, -0.15) is 5.06 Å². The molecule has 0 aromatic heterocycles. The lowest BCUT2D eigenvalue weighted by Crippen LogP contribution is -2.24. The maximum absolute atomic E-state index is 11.8. The molecule has 2 aromatic rings. The number of benzene rings is 2. The van der Waals surface area contributed by atoms with E-state index in [4.69, 9.17) is 4.74 Å². The van der Waals surface area contributed by atoms with Gasteiger partial charge in [0.15, 0.2) is 0 Å². The van der Waals surface area contributed by atoms with Gasteiger partial charge in [-0.3, -0.25) is 10.0 Å². The number of hydrogen-bond acceptors (Lipinski definition) is 4. The van der Waals surface area contributed by atoms with Crippen LogP contribution in [0.1, 0.15) is 29.2 Å². The Kier molecular flexibility index (Phi) is 6.67. The molecular weight excluding hydrogens is 334 g/mol. The first kappa shape index (κ1) is 19.1. The first-order valence-corrected chi connectivity index (χ1v) is 9.27. The molecule has 0 bridgehead atoms. The lowest BCUT2D eigenvalue weighted by molar-refractivity contribution is 0.223. The molecule has 0 spiro atoms. The molecule has 0 fully saturated rings. The number of ether oxygens (including phenoxy) is 1. The number of aryl methyl sites for hydroxylation is 2. The van der Waals surface area contributed by atoms with Crippen molar-refractivity contribution in [3.63, 3.8) is 0 Å². The molecular formula is C20H23NO3S. The van der Waals surface area contributed by atoms with Crippen LogP contribution in [-0.2, 0) is 13.0 Å². The molecule has 132 valence electrons. The summed E-state index contributed by atoms with van der Waals surface area (Å²) >= 11 is 0.943. The van der Waals surface area contributed by atoms with Gasteiger partial charge in [0.1, 0.15) is 12.4 Å². The lowest BCUT2D eigenvalue weighted by Gasteiger charge is -2.19. The summed E-state index contributed by atoms with van der Waals surface area (Å²) in [6.07, 6.45) is 4.31. The van der Waals surface area contributed by atoms with Crippen molar-refractivity contribution in [2.45, 2.75) is 26.9 Å². The second kappa shape index (κ2) is 8.74. The van der Waals surface area contributed by atoms with Gasteiger partial charge in [0.2, 0.25) is 0 Å². The van der Waals surface area contributed by atoms with E-state index in [1.165, 1.54) is 5.56 Å². The number of amides is 1. The summed E-state index contributed by atoms with van der Waals surface area (Å²) in [6, 6.07) is 11.4.